The third kappa shape index (κ3) is 2.96. The lowest BCUT2D eigenvalue weighted by Gasteiger charge is -2.39. The summed E-state index contributed by atoms with van der Waals surface area (Å²) in [5.41, 5.74) is 0.535. The van der Waals surface area contributed by atoms with E-state index in [1.165, 1.54) is 0 Å². The number of para-hydroxylation sites is 1. The van der Waals surface area contributed by atoms with Crippen LogP contribution in [0.5, 0.6) is 5.75 Å². The summed E-state index contributed by atoms with van der Waals surface area (Å²) in [6.07, 6.45) is 2.40. The Labute approximate surface area is 120 Å². The first-order valence-corrected chi connectivity index (χ1v) is 7.19. The van der Waals surface area contributed by atoms with Gasteiger partial charge in [0, 0.05) is 18.7 Å². The molecular weight excluding hydrogens is 254 g/mol. The second-order valence-electron chi connectivity index (χ2n) is 5.57. The molecule has 1 unspecified atom stereocenters. The van der Waals surface area contributed by atoms with E-state index >= 15 is 0 Å². The number of likely N-dealkylation sites (tertiary alicyclic amines) is 1. The molecule has 0 saturated carbocycles. The summed E-state index contributed by atoms with van der Waals surface area (Å²) in [4.78, 5) is 13.8. The molecular formula is C16H23NO3. The van der Waals surface area contributed by atoms with Gasteiger partial charge in [-0.25, -0.2) is 0 Å². The molecule has 1 fully saturated rings. The average molecular weight is 277 g/mol. The number of hydrogen-bond donors (Lipinski definition) is 1. The molecule has 0 amide bonds. The van der Waals surface area contributed by atoms with Gasteiger partial charge in [-0.3, -0.25) is 9.69 Å². The number of piperidine rings is 1. The van der Waals surface area contributed by atoms with Crippen LogP contribution < -0.4 is 4.74 Å². The van der Waals surface area contributed by atoms with Crippen LogP contribution >= 0.6 is 0 Å². The van der Waals surface area contributed by atoms with E-state index in [0.29, 0.717) is 13.0 Å². The number of methoxy groups -OCH3 is 1. The number of aliphatic carboxylic acids is 1. The van der Waals surface area contributed by atoms with Crippen molar-refractivity contribution in [2.75, 3.05) is 20.2 Å². The van der Waals surface area contributed by atoms with E-state index < -0.39 is 11.4 Å². The van der Waals surface area contributed by atoms with E-state index in [0.717, 1.165) is 37.2 Å². The average Bonchev–Trinajstić information content (AvgIpc) is 2.47. The van der Waals surface area contributed by atoms with Crippen molar-refractivity contribution >= 4 is 5.97 Å². The first-order chi connectivity index (χ1) is 9.61. The van der Waals surface area contributed by atoms with Crippen molar-refractivity contribution in [1.29, 1.82) is 0 Å². The van der Waals surface area contributed by atoms with Crippen molar-refractivity contribution in [1.82, 2.24) is 4.90 Å². The van der Waals surface area contributed by atoms with Crippen molar-refractivity contribution in [2.24, 2.45) is 5.41 Å². The molecule has 0 radical (unpaired) electrons. The third-order valence-electron chi connectivity index (χ3n) is 4.37. The van der Waals surface area contributed by atoms with Gasteiger partial charge in [-0.2, -0.15) is 0 Å². The second-order valence-corrected chi connectivity index (χ2v) is 5.57. The Hall–Kier alpha value is -1.55. The number of rotatable bonds is 5. The highest BCUT2D eigenvalue weighted by Gasteiger charge is 2.40. The van der Waals surface area contributed by atoms with Gasteiger partial charge < -0.3 is 9.84 Å². The zero-order chi connectivity index (χ0) is 14.6. The number of ether oxygens (including phenoxy) is 1. The van der Waals surface area contributed by atoms with Gasteiger partial charge >= 0.3 is 5.97 Å². The molecule has 0 aromatic heterocycles. The molecule has 1 aromatic rings. The van der Waals surface area contributed by atoms with Crippen LogP contribution in [0.3, 0.4) is 0 Å². The first-order valence-electron chi connectivity index (χ1n) is 7.19. The number of carbonyl (C=O) groups is 1. The molecule has 1 aromatic carbocycles. The SMILES string of the molecule is CCC1(C(=O)O)CCCN(Cc2ccccc2OC)C1. The third-order valence-corrected chi connectivity index (χ3v) is 4.37. The molecule has 110 valence electrons. The molecule has 0 spiro atoms. The summed E-state index contributed by atoms with van der Waals surface area (Å²) in [7, 11) is 1.67. The van der Waals surface area contributed by atoms with Gasteiger partial charge in [-0.05, 0) is 31.9 Å². The fourth-order valence-corrected chi connectivity index (χ4v) is 3.05. The number of hydrogen-bond acceptors (Lipinski definition) is 3. The quantitative estimate of drug-likeness (QED) is 0.899. The number of benzene rings is 1. The van der Waals surface area contributed by atoms with Crippen LogP contribution in [0.1, 0.15) is 31.7 Å². The fourth-order valence-electron chi connectivity index (χ4n) is 3.05. The van der Waals surface area contributed by atoms with E-state index in [-0.39, 0.29) is 0 Å². The Morgan fingerprint density at radius 1 is 1.45 bits per heavy atom. The van der Waals surface area contributed by atoms with E-state index in [4.69, 9.17) is 4.74 Å². The van der Waals surface area contributed by atoms with Crippen LogP contribution in [0.25, 0.3) is 0 Å². The van der Waals surface area contributed by atoms with Gasteiger partial charge in [0.2, 0.25) is 0 Å². The van der Waals surface area contributed by atoms with E-state index in [1.807, 2.05) is 31.2 Å². The summed E-state index contributed by atoms with van der Waals surface area (Å²) in [6, 6.07) is 7.93. The highest BCUT2D eigenvalue weighted by molar-refractivity contribution is 5.75. The minimum Gasteiger partial charge on any atom is -0.496 e. The van der Waals surface area contributed by atoms with E-state index in [1.54, 1.807) is 7.11 Å². The molecule has 20 heavy (non-hydrogen) atoms. The minimum atomic E-state index is -0.662. The molecule has 0 bridgehead atoms. The van der Waals surface area contributed by atoms with Crippen LogP contribution in [0.15, 0.2) is 24.3 Å². The van der Waals surface area contributed by atoms with Gasteiger partial charge in [0.15, 0.2) is 0 Å². The predicted molar refractivity (Wildman–Crippen MR) is 77.9 cm³/mol. The van der Waals surface area contributed by atoms with Gasteiger partial charge in [-0.15, -0.1) is 0 Å². The van der Waals surface area contributed by atoms with Crippen molar-refractivity contribution in [3.63, 3.8) is 0 Å². The maximum absolute atomic E-state index is 11.6. The predicted octanol–water partition coefficient (Wildman–Crippen LogP) is 2.77. The molecule has 0 aliphatic carbocycles. The normalized spacial score (nSPS) is 23.5. The van der Waals surface area contributed by atoms with Crippen LogP contribution in [0.4, 0.5) is 0 Å². The van der Waals surface area contributed by atoms with Gasteiger partial charge in [0.1, 0.15) is 5.75 Å². The number of nitrogens with zero attached hydrogens (tertiary/aromatic N) is 1. The maximum atomic E-state index is 11.6. The smallest absolute Gasteiger partial charge is 0.310 e. The Balaban J connectivity index is 2.12. The van der Waals surface area contributed by atoms with Crippen LogP contribution in [0, 0.1) is 5.41 Å². The van der Waals surface area contributed by atoms with E-state index in [9.17, 15) is 9.90 Å². The molecule has 4 heteroatoms. The standard InChI is InChI=1S/C16H23NO3/c1-3-16(15(18)19)9-6-10-17(12-16)11-13-7-4-5-8-14(13)20-2/h4-5,7-8H,3,6,9-12H2,1-2H3,(H,18,19). The zero-order valence-electron chi connectivity index (χ0n) is 12.3. The topological polar surface area (TPSA) is 49.8 Å². The zero-order valence-corrected chi connectivity index (χ0v) is 12.3. The van der Waals surface area contributed by atoms with Gasteiger partial charge in [0.25, 0.3) is 0 Å². The maximum Gasteiger partial charge on any atom is 0.310 e. The summed E-state index contributed by atoms with van der Waals surface area (Å²) >= 11 is 0. The molecule has 1 aliphatic rings. The Bertz CT molecular complexity index is 475. The Morgan fingerprint density at radius 3 is 2.85 bits per heavy atom. The summed E-state index contributed by atoms with van der Waals surface area (Å²) in [5.74, 6) is 0.209. The number of carboxylic acid groups (broad SMARTS) is 1. The van der Waals surface area contributed by atoms with Gasteiger partial charge in [-0.1, -0.05) is 25.1 Å². The first kappa shape index (κ1) is 14.9. The van der Waals surface area contributed by atoms with Crippen molar-refractivity contribution < 1.29 is 14.6 Å². The minimum absolute atomic E-state index is 0.583. The number of carboxylic acids is 1. The van der Waals surface area contributed by atoms with Crippen LogP contribution in [-0.4, -0.2) is 36.2 Å². The second kappa shape index (κ2) is 6.27. The van der Waals surface area contributed by atoms with Crippen molar-refractivity contribution in [2.45, 2.75) is 32.7 Å². The largest absolute Gasteiger partial charge is 0.496 e. The van der Waals surface area contributed by atoms with Gasteiger partial charge in [0.05, 0.1) is 12.5 Å². The summed E-state index contributed by atoms with van der Waals surface area (Å²) in [6.45, 7) is 4.30. The molecule has 1 heterocycles. The molecule has 1 N–H and O–H groups in total. The lowest BCUT2D eigenvalue weighted by Crippen LogP contribution is -2.47. The van der Waals surface area contributed by atoms with Crippen LogP contribution in [0.2, 0.25) is 0 Å². The van der Waals surface area contributed by atoms with E-state index in [2.05, 4.69) is 4.90 Å². The highest BCUT2D eigenvalue weighted by Crippen LogP contribution is 2.34. The monoisotopic (exact) mass is 277 g/mol. The fraction of sp³-hybridized carbons (Fsp3) is 0.562. The molecule has 1 aliphatic heterocycles. The lowest BCUT2D eigenvalue weighted by atomic mass is 9.77. The molecule has 2 rings (SSSR count). The summed E-state index contributed by atoms with van der Waals surface area (Å²) < 4.78 is 5.37. The Kier molecular flexibility index (Phi) is 4.65. The van der Waals surface area contributed by atoms with Crippen molar-refractivity contribution in [3.8, 4) is 5.75 Å². The van der Waals surface area contributed by atoms with Crippen LogP contribution in [-0.2, 0) is 11.3 Å². The molecule has 1 atom stereocenters. The summed E-state index contributed by atoms with van der Waals surface area (Å²) in [5, 5.41) is 9.52. The highest BCUT2D eigenvalue weighted by atomic mass is 16.5. The van der Waals surface area contributed by atoms with Crippen molar-refractivity contribution in [3.05, 3.63) is 29.8 Å². The molecule has 1 saturated heterocycles. The Morgan fingerprint density at radius 2 is 2.20 bits per heavy atom. The lowest BCUT2D eigenvalue weighted by molar-refractivity contribution is -0.153. The molecule has 4 nitrogen and oxygen atoms in total.